The lowest BCUT2D eigenvalue weighted by atomic mass is 9.92. The Labute approximate surface area is 115 Å². The van der Waals surface area contributed by atoms with Gasteiger partial charge in [-0.25, -0.2) is 0 Å². The number of nitrogens with two attached hydrogens (primary N) is 1. The van der Waals surface area contributed by atoms with Gasteiger partial charge in [-0.05, 0) is 38.8 Å². The third-order valence-corrected chi connectivity index (χ3v) is 3.90. The molecule has 0 spiro atoms. The van der Waals surface area contributed by atoms with E-state index in [0.717, 1.165) is 42.9 Å². The third-order valence-electron chi connectivity index (χ3n) is 3.90. The summed E-state index contributed by atoms with van der Waals surface area (Å²) < 4.78 is 5.42. The van der Waals surface area contributed by atoms with Crippen LogP contribution in [0.4, 0.5) is 5.69 Å². The highest BCUT2D eigenvalue weighted by molar-refractivity contribution is 5.61. The summed E-state index contributed by atoms with van der Waals surface area (Å²) in [6, 6.07) is 5.95. The average molecular weight is 264 g/mol. The Morgan fingerprint density at radius 1 is 1.37 bits per heavy atom. The maximum atomic E-state index is 10.0. The van der Waals surface area contributed by atoms with Gasteiger partial charge in [0.1, 0.15) is 5.75 Å². The fourth-order valence-electron chi connectivity index (χ4n) is 2.67. The first-order chi connectivity index (χ1) is 8.94. The molecule has 19 heavy (non-hydrogen) atoms. The molecule has 0 bridgehead atoms. The summed E-state index contributed by atoms with van der Waals surface area (Å²) in [4.78, 5) is 2.29. The van der Waals surface area contributed by atoms with Crippen LogP contribution < -0.4 is 15.4 Å². The van der Waals surface area contributed by atoms with Crippen LogP contribution in [0.1, 0.15) is 38.3 Å². The van der Waals surface area contributed by atoms with Crippen molar-refractivity contribution < 1.29 is 9.84 Å². The molecule has 106 valence electrons. The van der Waals surface area contributed by atoms with Gasteiger partial charge in [0, 0.05) is 30.4 Å². The van der Waals surface area contributed by atoms with Gasteiger partial charge < -0.3 is 20.5 Å². The van der Waals surface area contributed by atoms with Crippen LogP contribution in [0.25, 0.3) is 0 Å². The molecule has 0 amide bonds. The molecule has 0 aliphatic carbocycles. The van der Waals surface area contributed by atoms with Gasteiger partial charge in [-0.3, -0.25) is 0 Å². The lowest BCUT2D eigenvalue weighted by Gasteiger charge is -2.38. The topological polar surface area (TPSA) is 58.7 Å². The van der Waals surface area contributed by atoms with E-state index in [1.54, 1.807) is 7.11 Å². The van der Waals surface area contributed by atoms with Crippen molar-refractivity contribution in [1.82, 2.24) is 0 Å². The van der Waals surface area contributed by atoms with Crippen molar-refractivity contribution in [2.45, 2.75) is 38.3 Å². The standard InChI is InChI=1S/C15H24N2O2/c1-11(16)14-12(5-4-6-13(14)19-3)17-9-7-15(2,18)8-10-17/h4-6,11,18H,7-10,16H2,1-3H3/t11-/m0/s1. The van der Waals surface area contributed by atoms with Crippen molar-refractivity contribution >= 4 is 5.69 Å². The summed E-state index contributed by atoms with van der Waals surface area (Å²) in [6.45, 7) is 5.57. The predicted octanol–water partition coefficient (Wildman–Crippen LogP) is 2.07. The Hall–Kier alpha value is -1.26. The highest BCUT2D eigenvalue weighted by Crippen LogP contribution is 2.36. The first kappa shape index (κ1) is 14.2. The number of nitrogens with zero attached hydrogens (tertiary/aromatic N) is 1. The molecule has 4 nitrogen and oxygen atoms in total. The zero-order valence-electron chi connectivity index (χ0n) is 12.0. The lowest BCUT2D eigenvalue weighted by molar-refractivity contribution is 0.0351. The molecule has 1 saturated heterocycles. The highest BCUT2D eigenvalue weighted by Gasteiger charge is 2.29. The Bertz CT molecular complexity index is 434. The maximum Gasteiger partial charge on any atom is 0.125 e. The van der Waals surface area contributed by atoms with Crippen LogP contribution in [0, 0.1) is 0 Å². The molecule has 1 aliphatic heterocycles. The fourth-order valence-corrected chi connectivity index (χ4v) is 2.67. The average Bonchev–Trinajstić information content (AvgIpc) is 2.37. The molecule has 0 saturated carbocycles. The second-order valence-electron chi connectivity index (χ2n) is 5.67. The summed E-state index contributed by atoms with van der Waals surface area (Å²) in [5.41, 5.74) is 7.73. The molecular weight excluding hydrogens is 240 g/mol. The van der Waals surface area contributed by atoms with Crippen LogP contribution in [0.2, 0.25) is 0 Å². The molecule has 1 aromatic carbocycles. The molecule has 1 atom stereocenters. The summed E-state index contributed by atoms with van der Waals surface area (Å²) in [6.07, 6.45) is 1.56. The van der Waals surface area contributed by atoms with E-state index in [2.05, 4.69) is 11.0 Å². The van der Waals surface area contributed by atoms with Crippen LogP contribution in [0.3, 0.4) is 0 Å². The lowest BCUT2D eigenvalue weighted by Crippen LogP contribution is -2.43. The summed E-state index contributed by atoms with van der Waals surface area (Å²) >= 11 is 0. The molecule has 2 rings (SSSR count). The first-order valence-electron chi connectivity index (χ1n) is 6.84. The number of hydrogen-bond acceptors (Lipinski definition) is 4. The third kappa shape index (κ3) is 3.01. The fraction of sp³-hybridized carbons (Fsp3) is 0.600. The van der Waals surface area contributed by atoms with Crippen molar-refractivity contribution in [1.29, 1.82) is 0 Å². The van der Waals surface area contributed by atoms with E-state index in [1.165, 1.54) is 0 Å². The molecule has 1 aromatic rings. The second-order valence-corrected chi connectivity index (χ2v) is 5.67. The highest BCUT2D eigenvalue weighted by atomic mass is 16.5. The number of aliphatic hydroxyl groups is 1. The molecule has 1 aliphatic rings. The molecule has 1 heterocycles. The first-order valence-corrected chi connectivity index (χ1v) is 6.84. The van der Waals surface area contributed by atoms with Crippen LogP contribution in [-0.2, 0) is 0 Å². The van der Waals surface area contributed by atoms with Gasteiger partial charge in [-0.15, -0.1) is 0 Å². The molecular formula is C15H24N2O2. The van der Waals surface area contributed by atoms with Crippen molar-refractivity contribution in [2.24, 2.45) is 5.73 Å². The van der Waals surface area contributed by atoms with Crippen LogP contribution in [0.5, 0.6) is 5.75 Å². The zero-order chi connectivity index (χ0) is 14.0. The Kier molecular flexibility index (Phi) is 4.02. The number of rotatable bonds is 3. The quantitative estimate of drug-likeness (QED) is 0.877. The van der Waals surface area contributed by atoms with E-state index in [1.807, 2.05) is 26.0 Å². The Balaban J connectivity index is 2.30. The number of methoxy groups -OCH3 is 1. The van der Waals surface area contributed by atoms with Gasteiger partial charge in [0.25, 0.3) is 0 Å². The zero-order valence-corrected chi connectivity index (χ0v) is 12.0. The monoisotopic (exact) mass is 264 g/mol. The normalized spacial score (nSPS) is 20.2. The smallest absolute Gasteiger partial charge is 0.125 e. The van der Waals surface area contributed by atoms with Gasteiger partial charge in [0.2, 0.25) is 0 Å². The van der Waals surface area contributed by atoms with E-state index in [-0.39, 0.29) is 6.04 Å². The number of piperidine rings is 1. The van der Waals surface area contributed by atoms with E-state index in [9.17, 15) is 5.11 Å². The molecule has 3 N–H and O–H groups in total. The summed E-state index contributed by atoms with van der Waals surface area (Å²) in [5, 5.41) is 10.0. The minimum Gasteiger partial charge on any atom is -0.496 e. The summed E-state index contributed by atoms with van der Waals surface area (Å²) in [7, 11) is 1.67. The van der Waals surface area contributed by atoms with Gasteiger partial charge >= 0.3 is 0 Å². The van der Waals surface area contributed by atoms with Crippen molar-refractivity contribution in [3.05, 3.63) is 23.8 Å². The van der Waals surface area contributed by atoms with Gasteiger partial charge in [-0.2, -0.15) is 0 Å². The number of hydrogen-bond donors (Lipinski definition) is 2. The minimum absolute atomic E-state index is 0.0754. The largest absolute Gasteiger partial charge is 0.496 e. The van der Waals surface area contributed by atoms with Gasteiger partial charge in [-0.1, -0.05) is 6.07 Å². The number of anilines is 1. The van der Waals surface area contributed by atoms with Crippen molar-refractivity contribution in [3.8, 4) is 5.75 Å². The van der Waals surface area contributed by atoms with Crippen molar-refractivity contribution in [3.63, 3.8) is 0 Å². The molecule has 0 radical (unpaired) electrons. The van der Waals surface area contributed by atoms with Gasteiger partial charge in [0.05, 0.1) is 12.7 Å². The Morgan fingerprint density at radius 3 is 2.53 bits per heavy atom. The van der Waals surface area contributed by atoms with Crippen molar-refractivity contribution in [2.75, 3.05) is 25.1 Å². The van der Waals surface area contributed by atoms with E-state index >= 15 is 0 Å². The second kappa shape index (κ2) is 5.39. The van der Waals surface area contributed by atoms with E-state index < -0.39 is 5.60 Å². The van der Waals surface area contributed by atoms with E-state index in [4.69, 9.17) is 10.5 Å². The predicted molar refractivity (Wildman–Crippen MR) is 77.7 cm³/mol. The van der Waals surface area contributed by atoms with Gasteiger partial charge in [0.15, 0.2) is 0 Å². The Morgan fingerprint density at radius 2 is 2.00 bits per heavy atom. The molecule has 1 fully saturated rings. The molecule has 0 aromatic heterocycles. The maximum absolute atomic E-state index is 10.0. The minimum atomic E-state index is -0.538. The molecule has 4 heteroatoms. The van der Waals surface area contributed by atoms with Crippen LogP contribution in [0.15, 0.2) is 18.2 Å². The molecule has 0 unspecified atom stereocenters. The van der Waals surface area contributed by atoms with Crippen LogP contribution >= 0.6 is 0 Å². The summed E-state index contributed by atoms with van der Waals surface area (Å²) in [5.74, 6) is 0.838. The van der Waals surface area contributed by atoms with Crippen LogP contribution in [-0.4, -0.2) is 30.9 Å². The number of benzene rings is 1. The van der Waals surface area contributed by atoms with E-state index in [0.29, 0.717) is 0 Å². The number of ether oxygens (including phenoxy) is 1. The SMILES string of the molecule is COc1cccc(N2CCC(C)(O)CC2)c1[C@H](C)N.